The lowest BCUT2D eigenvalue weighted by atomic mass is 10.1. The molecule has 2 saturated heterocycles. The summed E-state index contributed by atoms with van der Waals surface area (Å²) in [7, 11) is 0. The molecule has 4 rings (SSSR count). The zero-order valence-corrected chi connectivity index (χ0v) is 18.3. The van der Waals surface area contributed by atoms with Crippen molar-refractivity contribution in [3.63, 3.8) is 0 Å². The van der Waals surface area contributed by atoms with Gasteiger partial charge >= 0.3 is 0 Å². The average molecular weight is 415 g/mol. The summed E-state index contributed by atoms with van der Waals surface area (Å²) in [6.45, 7) is 10.4. The van der Waals surface area contributed by atoms with Crippen molar-refractivity contribution in [2.24, 2.45) is 5.16 Å². The van der Waals surface area contributed by atoms with Crippen LogP contribution in [0, 0.1) is 0 Å². The Kier molecular flexibility index (Phi) is 6.77. The van der Waals surface area contributed by atoms with E-state index in [4.69, 9.17) is 9.57 Å². The van der Waals surface area contributed by atoms with Crippen molar-refractivity contribution < 1.29 is 14.4 Å². The summed E-state index contributed by atoms with van der Waals surface area (Å²) < 4.78 is 6.00. The number of anilines is 1. The smallest absolute Gasteiger partial charge is 0.222 e. The van der Waals surface area contributed by atoms with Gasteiger partial charge in [0.2, 0.25) is 5.91 Å². The van der Waals surface area contributed by atoms with Crippen molar-refractivity contribution in [2.75, 3.05) is 50.7 Å². The topological polar surface area (TPSA) is 57.6 Å². The largest absolute Gasteiger partial charge is 0.489 e. The molecule has 0 spiro atoms. The fourth-order valence-corrected chi connectivity index (χ4v) is 4.46. The van der Waals surface area contributed by atoms with E-state index in [-0.39, 0.29) is 18.1 Å². The third-order valence-electron chi connectivity index (χ3n) is 5.99. The molecule has 0 bridgehead atoms. The number of likely N-dealkylation sites (tertiary alicyclic amines) is 1. The Morgan fingerprint density at radius 2 is 1.93 bits per heavy atom. The second kappa shape index (κ2) is 9.69. The summed E-state index contributed by atoms with van der Waals surface area (Å²) in [5.41, 5.74) is 2.19. The van der Waals surface area contributed by atoms with Crippen LogP contribution in [-0.2, 0) is 9.63 Å². The second-order valence-corrected chi connectivity index (χ2v) is 8.78. The van der Waals surface area contributed by atoms with Gasteiger partial charge in [-0.25, -0.2) is 0 Å². The number of carbonyl (C=O) groups is 1. The highest BCUT2D eigenvalue weighted by Crippen LogP contribution is 2.30. The van der Waals surface area contributed by atoms with E-state index in [1.54, 1.807) is 0 Å². The van der Waals surface area contributed by atoms with Gasteiger partial charge in [-0.3, -0.25) is 9.69 Å². The molecule has 1 atom stereocenters. The molecule has 1 aromatic rings. The van der Waals surface area contributed by atoms with Crippen LogP contribution in [0.3, 0.4) is 0 Å². The van der Waals surface area contributed by atoms with Crippen LogP contribution in [0.2, 0.25) is 0 Å². The molecule has 164 valence electrons. The summed E-state index contributed by atoms with van der Waals surface area (Å²) in [5.74, 6) is 1.22. The van der Waals surface area contributed by atoms with Crippen molar-refractivity contribution in [1.82, 2.24) is 9.80 Å². The molecule has 7 heteroatoms. The van der Waals surface area contributed by atoms with E-state index >= 15 is 0 Å². The van der Waals surface area contributed by atoms with Gasteiger partial charge < -0.3 is 19.4 Å². The van der Waals surface area contributed by atoms with E-state index in [0.29, 0.717) is 13.0 Å². The van der Waals surface area contributed by atoms with Gasteiger partial charge in [-0.2, -0.15) is 0 Å². The van der Waals surface area contributed by atoms with Crippen molar-refractivity contribution in [3.8, 4) is 5.75 Å². The maximum absolute atomic E-state index is 12.0. The van der Waals surface area contributed by atoms with Crippen LogP contribution in [-0.4, -0.2) is 79.4 Å². The van der Waals surface area contributed by atoms with Crippen molar-refractivity contribution in [2.45, 2.75) is 51.7 Å². The predicted octanol–water partition coefficient (Wildman–Crippen LogP) is 2.75. The Balaban J connectivity index is 1.23. The highest BCUT2D eigenvalue weighted by Gasteiger charge is 2.29. The molecular formula is C23H34N4O3. The molecule has 3 heterocycles. The maximum atomic E-state index is 12.0. The van der Waals surface area contributed by atoms with Crippen LogP contribution in [0.4, 0.5) is 5.69 Å². The monoisotopic (exact) mass is 414 g/mol. The lowest BCUT2D eigenvalue weighted by Gasteiger charge is -2.37. The van der Waals surface area contributed by atoms with Crippen LogP contribution in [0.25, 0.3) is 0 Å². The molecule has 3 aliphatic heterocycles. The van der Waals surface area contributed by atoms with E-state index in [1.165, 1.54) is 5.69 Å². The van der Waals surface area contributed by atoms with Gasteiger partial charge in [-0.05, 0) is 38.8 Å². The number of oxime groups is 1. The van der Waals surface area contributed by atoms with Gasteiger partial charge in [-0.15, -0.1) is 0 Å². The molecular weight excluding hydrogens is 380 g/mol. The summed E-state index contributed by atoms with van der Waals surface area (Å²) in [6.07, 6.45) is 3.88. The van der Waals surface area contributed by atoms with Crippen molar-refractivity contribution in [1.29, 1.82) is 0 Å². The molecule has 0 radical (unpaired) electrons. The van der Waals surface area contributed by atoms with Crippen LogP contribution in [0.5, 0.6) is 5.75 Å². The minimum atomic E-state index is 0.100. The first-order chi connectivity index (χ1) is 14.6. The number of nitrogens with zero attached hydrogens (tertiary/aromatic N) is 4. The van der Waals surface area contributed by atoms with E-state index in [2.05, 4.69) is 47.0 Å². The number of piperazine rings is 1. The Hall–Kier alpha value is -2.28. The minimum Gasteiger partial charge on any atom is -0.489 e. The van der Waals surface area contributed by atoms with Gasteiger partial charge in [-0.1, -0.05) is 17.3 Å². The number of carbonyl (C=O) groups excluding carboxylic acids is 1. The third kappa shape index (κ3) is 5.25. The Labute approximate surface area is 179 Å². The summed E-state index contributed by atoms with van der Waals surface area (Å²) in [5, 5.41) is 4.28. The molecule has 0 N–H and O–H groups in total. The number of rotatable bonds is 7. The lowest BCUT2D eigenvalue weighted by Crippen LogP contribution is -2.48. The standard InChI is InChI=1S/C23H34N4O3/c1-18(2)29-22-8-4-3-7-21(22)26-13-11-25(12-14-26)17-20-15-19(24-30-20)16-27-10-6-5-9-23(27)28/h3-4,7-8,18,20H,5-6,9-17H2,1-2H3/t20-/m1/s1. The molecule has 30 heavy (non-hydrogen) atoms. The Morgan fingerprint density at radius 3 is 2.70 bits per heavy atom. The normalized spacial score (nSPS) is 23.0. The van der Waals surface area contributed by atoms with Crippen molar-refractivity contribution in [3.05, 3.63) is 24.3 Å². The SMILES string of the molecule is CC(C)Oc1ccccc1N1CCN(C[C@H]2CC(CN3CCCCC3=O)=NO2)CC1. The molecule has 2 fully saturated rings. The highest BCUT2D eigenvalue weighted by molar-refractivity contribution is 5.91. The molecule has 0 aromatic heterocycles. The fourth-order valence-electron chi connectivity index (χ4n) is 4.46. The quantitative estimate of drug-likeness (QED) is 0.687. The van der Waals surface area contributed by atoms with Crippen LogP contribution in [0.1, 0.15) is 39.5 Å². The Morgan fingerprint density at radius 1 is 1.13 bits per heavy atom. The van der Waals surface area contributed by atoms with Gasteiger partial charge in [0.1, 0.15) is 11.9 Å². The summed E-state index contributed by atoms with van der Waals surface area (Å²) in [6, 6.07) is 8.31. The predicted molar refractivity (Wildman–Crippen MR) is 118 cm³/mol. The molecule has 7 nitrogen and oxygen atoms in total. The summed E-state index contributed by atoms with van der Waals surface area (Å²) >= 11 is 0. The highest BCUT2D eigenvalue weighted by atomic mass is 16.6. The number of amides is 1. The van der Waals surface area contributed by atoms with Gasteiger partial charge in [0.25, 0.3) is 0 Å². The number of benzene rings is 1. The molecule has 1 aromatic carbocycles. The number of para-hydroxylation sites is 2. The molecule has 3 aliphatic rings. The third-order valence-corrected chi connectivity index (χ3v) is 5.99. The van der Waals surface area contributed by atoms with Crippen LogP contribution >= 0.6 is 0 Å². The number of hydrogen-bond donors (Lipinski definition) is 0. The molecule has 0 unspecified atom stereocenters. The van der Waals surface area contributed by atoms with Crippen LogP contribution in [0.15, 0.2) is 29.4 Å². The summed E-state index contributed by atoms with van der Waals surface area (Å²) in [4.78, 5) is 24.5. The fraction of sp³-hybridized carbons (Fsp3) is 0.652. The lowest BCUT2D eigenvalue weighted by molar-refractivity contribution is -0.132. The maximum Gasteiger partial charge on any atom is 0.222 e. The van der Waals surface area contributed by atoms with E-state index in [1.807, 2.05) is 11.0 Å². The first-order valence-corrected chi connectivity index (χ1v) is 11.3. The van der Waals surface area contributed by atoms with Crippen LogP contribution < -0.4 is 9.64 Å². The van der Waals surface area contributed by atoms with Gasteiger partial charge in [0.15, 0.2) is 0 Å². The Bertz CT molecular complexity index is 759. The minimum absolute atomic E-state index is 0.100. The second-order valence-electron chi connectivity index (χ2n) is 8.78. The van der Waals surface area contributed by atoms with E-state index in [0.717, 1.165) is 70.0 Å². The van der Waals surface area contributed by atoms with Gasteiger partial charge in [0.05, 0.1) is 24.0 Å². The van der Waals surface area contributed by atoms with Crippen molar-refractivity contribution >= 4 is 17.3 Å². The van der Waals surface area contributed by atoms with E-state index in [9.17, 15) is 4.79 Å². The van der Waals surface area contributed by atoms with E-state index < -0.39 is 0 Å². The first kappa shape index (κ1) is 21.0. The molecule has 0 saturated carbocycles. The zero-order chi connectivity index (χ0) is 20.9. The zero-order valence-electron chi connectivity index (χ0n) is 18.3. The number of piperidine rings is 1. The molecule has 0 aliphatic carbocycles. The first-order valence-electron chi connectivity index (χ1n) is 11.3. The number of hydrogen-bond acceptors (Lipinski definition) is 6. The average Bonchev–Trinajstić information content (AvgIpc) is 3.17. The van der Waals surface area contributed by atoms with Gasteiger partial charge in [0, 0.05) is 52.1 Å². The molecule has 1 amide bonds. The number of ether oxygens (including phenoxy) is 1.